The summed E-state index contributed by atoms with van der Waals surface area (Å²) < 4.78 is 11.0. The van der Waals surface area contributed by atoms with Crippen LogP contribution in [0.5, 0.6) is 0 Å². The van der Waals surface area contributed by atoms with Gasteiger partial charge in [0, 0.05) is 35.0 Å². The lowest BCUT2D eigenvalue weighted by Crippen LogP contribution is -2.36. The fourth-order valence-electron chi connectivity index (χ4n) is 1.35. The number of amides is 1. The number of nitrogens with one attached hydrogen (secondary N) is 1. The van der Waals surface area contributed by atoms with Crippen molar-refractivity contribution in [1.82, 2.24) is 10.3 Å². The lowest BCUT2D eigenvalue weighted by atomic mass is 10.2. The summed E-state index contributed by atoms with van der Waals surface area (Å²) in [4.78, 5) is 26.1. The number of pyridine rings is 1. The van der Waals surface area contributed by atoms with E-state index in [2.05, 4.69) is 10.3 Å². The van der Waals surface area contributed by atoms with Crippen molar-refractivity contribution in [2.45, 2.75) is 13.0 Å². The Balaban J connectivity index is 2.67. The first-order valence-electron chi connectivity index (χ1n) is 5.20. The standard InChI is InChI=1S/C11H14N2O4S/c1-7(6-18(2)17)13-10(14)9-4-3-8(5-12-9)11(15)16/h3-5,7H,6H2,1-2H3,(H,13,14)(H,15,16). The summed E-state index contributed by atoms with van der Waals surface area (Å²) in [5.41, 5.74) is 0.156. The molecule has 2 unspecified atom stereocenters. The lowest BCUT2D eigenvalue weighted by molar-refractivity contribution is 0.0695. The number of carbonyl (C=O) groups is 2. The second kappa shape index (κ2) is 6.25. The second-order valence-electron chi connectivity index (χ2n) is 3.85. The molecule has 1 heterocycles. The van der Waals surface area contributed by atoms with E-state index in [1.54, 1.807) is 13.2 Å². The SMILES string of the molecule is CC(CS(C)=O)NC(=O)c1ccc(C(=O)O)cn1. The Bertz CT molecular complexity index is 472. The van der Waals surface area contributed by atoms with Crippen molar-refractivity contribution >= 4 is 22.7 Å². The van der Waals surface area contributed by atoms with Gasteiger partial charge in [-0.15, -0.1) is 0 Å². The molecule has 0 aromatic carbocycles. The number of carbonyl (C=O) groups excluding carboxylic acids is 1. The lowest BCUT2D eigenvalue weighted by Gasteiger charge is -2.11. The van der Waals surface area contributed by atoms with E-state index in [9.17, 15) is 13.8 Å². The first kappa shape index (κ1) is 14.3. The molecule has 0 radical (unpaired) electrons. The highest BCUT2D eigenvalue weighted by Gasteiger charge is 2.12. The fraction of sp³-hybridized carbons (Fsp3) is 0.364. The maximum Gasteiger partial charge on any atom is 0.337 e. The van der Waals surface area contributed by atoms with Crippen LogP contribution in [-0.2, 0) is 10.8 Å². The zero-order valence-corrected chi connectivity index (χ0v) is 10.9. The van der Waals surface area contributed by atoms with E-state index in [-0.39, 0.29) is 17.3 Å². The molecule has 18 heavy (non-hydrogen) atoms. The Morgan fingerprint density at radius 1 is 1.50 bits per heavy atom. The van der Waals surface area contributed by atoms with Crippen molar-refractivity contribution in [2.24, 2.45) is 0 Å². The van der Waals surface area contributed by atoms with Gasteiger partial charge in [-0.3, -0.25) is 14.0 Å². The van der Waals surface area contributed by atoms with Gasteiger partial charge in [-0.1, -0.05) is 0 Å². The molecule has 0 bridgehead atoms. The van der Waals surface area contributed by atoms with Gasteiger partial charge in [0.05, 0.1) is 5.56 Å². The van der Waals surface area contributed by atoms with E-state index in [4.69, 9.17) is 5.11 Å². The average Bonchev–Trinajstić information content (AvgIpc) is 2.27. The Labute approximate surface area is 107 Å². The van der Waals surface area contributed by atoms with Crippen LogP contribution in [0, 0.1) is 0 Å². The molecule has 1 aromatic heterocycles. The molecule has 0 spiro atoms. The molecule has 6 nitrogen and oxygen atoms in total. The van der Waals surface area contributed by atoms with Crippen molar-refractivity contribution in [3.8, 4) is 0 Å². The summed E-state index contributed by atoms with van der Waals surface area (Å²) in [6.45, 7) is 1.74. The van der Waals surface area contributed by atoms with Crippen LogP contribution in [0.4, 0.5) is 0 Å². The average molecular weight is 270 g/mol. The Hall–Kier alpha value is -1.76. The van der Waals surface area contributed by atoms with E-state index in [0.29, 0.717) is 5.75 Å². The minimum atomic E-state index is -1.09. The van der Waals surface area contributed by atoms with Gasteiger partial charge in [0.1, 0.15) is 5.69 Å². The minimum absolute atomic E-state index is 0.0225. The van der Waals surface area contributed by atoms with E-state index in [1.807, 2.05) is 0 Å². The number of aromatic nitrogens is 1. The highest BCUT2D eigenvalue weighted by molar-refractivity contribution is 7.84. The normalized spacial score (nSPS) is 13.7. The molecule has 1 rings (SSSR count). The summed E-state index contributed by atoms with van der Waals surface area (Å²) in [5.74, 6) is -1.15. The van der Waals surface area contributed by atoms with E-state index in [0.717, 1.165) is 6.20 Å². The highest BCUT2D eigenvalue weighted by Crippen LogP contribution is 2.01. The molecule has 7 heteroatoms. The molecule has 0 aliphatic carbocycles. The van der Waals surface area contributed by atoms with E-state index < -0.39 is 22.7 Å². The summed E-state index contributed by atoms with van der Waals surface area (Å²) >= 11 is 0. The highest BCUT2D eigenvalue weighted by atomic mass is 32.2. The van der Waals surface area contributed by atoms with Crippen molar-refractivity contribution < 1.29 is 18.9 Å². The number of nitrogens with zero attached hydrogens (tertiary/aromatic N) is 1. The Morgan fingerprint density at radius 3 is 2.61 bits per heavy atom. The summed E-state index contributed by atoms with van der Waals surface area (Å²) in [6.07, 6.45) is 2.68. The number of hydrogen-bond acceptors (Lipinski definition) is 4. The smallest absolute Gasteiger partial charge is 0.337 e. The van der Waals surface area contributed by atoms with Gasteiger partial charge in [-0.25, -0.2) is 4.79 Å². The monoisotopic (exact) mass is 270 g/mol. The van der Waals surface area contributed by atoms with Crippen molar-refractivity contribution in [3.63, 3.8) is 0 Å². The number of rotatable bonds is 5. The fourth-order valence-corrected chi connectivity index (χ4v) is 2.13. The molecule has 1 aromatic rings. The Morgan fingerprint density at radius 2 is 2.17 bits per heavy atom. The van der Waals surface area contributed by atoms with Gasteiger partial charge < -0.3 is 10.4 Å². The largest absolute Gasteiger partial charge is 0.478 e. The topological polar surface area (TPSA) is 96.4 Å². The predicted molar refractivity (Wildman–Crippen MR) is 67.1 cm³/mol. The van der Waals surface area contributed by atoms with Crippen LogP contribution in [0.3, 0.4) is 0 Å². The quantitative estimate of drug-likeness (QED) is 0.801. The summed E-state index contributed by atoms with van der Waals surface area (Å²) in [6, 6.07) is 2.42. The second-order valence-corrected chi connectivity index (χ2v) is 5.33. The number of hydrogen-bond donors (Lipinski definition) is 2. The van der Waals surface area contributed by atoms with Gasteiger partial charge in [0.15, 0.2) is 0 Å². The van der Waals surface area contributed by atoms with Gasteiger partial charge in [0.25, 0.3) is 5.91 Å². The van der Waals surface area contributed by atoms with Crippen molar-refractivity contribution in [2.75, 3.05) is 12.0 Å². The molecule has 98 valence electrons. The maximum atomic E-state index is 11.7. The van der Waals surface area contributed by atoms with E-state index in [1.165, 1.54) is 12.1 Å². The van der Waals surface area contributed by atoms with Crippen LogP contribution in [-0.4, -0.2) is 44.2 Å². The number of carboxylic acid groups (broad SMARTS) is 1. The molecular weight excluding hydrogens is 256 g/mol. The predicted octanol–water partition coefficient (Wildman–Crippen LogP) is 0.277. The first-order chi connectivity index (χ1) is 8.40. The minimum Gasteiger partial charge on any atom is -0.478 e. The van der Waals surface area contributed by atoms with Crippen molar-refractivity contribution in [1.29, 1.82) is 0 Å². The third-order valence-electron chi connectivity index (χ3n) is 2.11. The van der Waals surface area contributed by atoms with Gasteiger partial charge in [-0.2, -0.15) is 0 Å². The molecule has 0 aliphatic rings. The van der Waals surface area contributed by atoms with Crippen LogP contribution < -0.4 is 5.32 Å². The molecular formula is C11H14N2O4S. The molecule has 1 amide bonds. The van der Waals surface area contributed by atoms with Crippen LogP contribution in [0.1, 0.15) is 27.8 Å². The molecule has 2 N–H and O–H groups in total. The van der Waals surface area contributed by atoms with Crippen LogP contribution in [0.15, 0.2) is 18.3 Å². The number of aromatic carboxylic acids is 1. The molecule has 0 saturated carbocycles. The van der Waals surface area contributed by atoms with Crippen molar-refractivity contribution in [3.05, 3.63) is 29.6 Å². The van der Waals surface area contributed by atoms with Crippen LogP contribution in [0.2, 0.25) is 0 Å². The third kappa shape index (κ3) is 4.25. The molecule has 2 atom stereocenters. The molecule has 0 aliphatic heterocycles. The van der Waals surface area contributed by atoms with Gasteiger partial charge >= 0.3 is 5.97 Å². The maximum absolute atomic E-state index is 11.7. The zero-order chi connectivity index (χ0) is 13.7. The first-order valence-corrected chi connectivity index (χ1v) is 6.93. The Kier molecular flexibility index (Phi) is 4.96. The van der Waals surface area contributed by atoms with Crippen LogP contribution in [0.25, 0.3) is 0 Å². The van der Waals surface area contributed by atoms with Gasteiger partial charge in [0.2, 0.25) is 0 Å². The zero-order valence-electron chi connectivity index (χ0n) is 10.0. The van der Waals surface area contributed by atoms with E-state index >= 15 is 0 Å². The number of carboxylic acids is 1. The molecule has 0 saturated heterocycles. The summed E-state index contributed by atoms with van der Waals surface area (Å²) in [5, 5.41) is 11.3. The van der Waals surface area contributed by atoms with Gasteiger partial charge in [-0.05, 0) is 19.1 Å². The summed E-state index contributed by atoms with van der Waals surface area (Å²) in [7, 11) is -0.991. The third-order valence-corrected chi connectivity index (χ3v) is 3.07. The molecule has 0 fully saturated rings. The van der Waals surface area contributed by atoms with Crippen LogP contribution >= 0.6 is 0 Å².